The molecule has 602 valence electrons. The maximum absolute atomic E-state index is 13.1. The van der Waals surface area contributed by atoms with Crippen molar-refractivity contribution in [3.05, 3.63) is 24.3 Å². The number of esters is 4. The summed E-state index contributed by atoms with van der Waals surface area (Å²) in [5.41, 5.74) is 0. The lowest BCUT2D eigenvalue weighted by atomic mass is 10.0. The number of unbranched alkanes of at least 4 members (excludes halogenated alkanes) is 47. The van der Waals surface area contributed by atoms with Crippen LogP contribution >= 0.6 is 15.6 Å². The minimum absolute atomic E-state index is 0.0853. The molecule has 0 spiro atoms. The zero-order valence-corrected chi connectivity index (χ0v) is 68.2. The molecule has 5 atom stereocenters. The van der Waals surface area contributed by atoms with Crippen molar-refractivity contribution in [3.63, 3.8) is 0 Å². The zero-order valence-electron chi connectivity index (χ0n) is 66.4. The van der Waals surface area contributed by atoms with Crippen LogP contribution in [-0.2, 0) is 65.4 Å². The Labute approximate surface area is 624 Å². The molecule has 0 heterocycles. The molecule has 0 fully saturated rings. The molecule has 19 heteroatoms. The molecule has 0 aliphatic heterocycles. The summed E-state index contributed by atoms with van der Waals surface area (Å²) in [6.07, 6.45) is 67.4. The molecule has 2 unspecified atom stereocenters. The maximum Gasteiger partial charge on any atom is 0.472 e. The fourth-order valence-corrected chi connectivity index (χ4v) is 13.9. The van der Waals surface area contributed by atoms with Gasteiger partial charge in [0.25, 0.3) is 0 Å². The van der Waals surface area contributed by atoms with Crippen molar-refractivity contribution in [2.75, 3.05) is 39.6 Å². The Morgan fingerprint density at radius 3 is 0.804 bits per heavy atom. The smallest absolute Gasteiger partial charge is 0.462 e. The van der Waals surface area contributed by atoms with Gasteiger partial charge in [-0.1, -0.05) is 361 Å². The van der Waals surface area contributed by atoms with E-state index in [2.05, 4.69) is 65.8 Å². The first kappa shape index (κ1) is 99.5. The van der Waals surface area contributed by atoms with Crippen LogP contribution < -0.4 is 0 Å². The standard InChI is InChI=1S/C83H158O17P2/c1-7-9-11-13-15-17-19-20-25-31-37-43-49-55-61-67-82(87)99-78(71-93-80(85)65-59-53-47-41-18-16-14-12-10-8-2)73-97-101(89,90)95-69-77(84)70-96-102(91,92)98-74-79(72-94-81(86)66-60-54-48-42-36-33-28-30-35-40-46-52-58-64-76(5)6)100-83(88)68-62-56-50-44-38-32-27-24-22-21-23-26-29-34-39-45-51-57-63-75(3)4/h17,19-20,25,75-79,84H,7-16,18,21-24,26-74H2,1-6H3,(H,89,90)(H,91,92)/b19-17-,25-20-/t77-,78+,79+/m0/s1. The van der Waals surface area contributed by atoms with E-state index in [4.69, 9.17) is 37.0 Å². The van der Waals surface area contributed by atoms with Gasteiger partial charge >= 0.3 is 39.5 Å². The molecule has 3 N–H and O–H groups in total. The van der Waals surface area contributed by atoms with Gasteiger partial charge in [-0.05, 0) is 63.2 Å². The molecule has 0 aromatic heterocycles. The number of aliphatic hydroxyl groups excluding tert-OH is 1. The van der Waals surface area contributed by atoms with Crippen molar-refractivity contribution >= 4 is 39.5 Å². The van der Waals surface area contributed by atoms with Gasteiger partial charge in [0, 0.05) is 25.7 Å². The van der Waals surface area contributed by atoms with Crippen LogP contribution in [0.1, 0.15) is 414 Å². The molecule has 17 nitrogen and oxygen atoms in total. The predicted molar refractivity (Wildman–Crippen MR) is 418 cm³/mol. The van der Waals surface area contributed by atoms with Crippen LogP contribution in [-0.4, -0.2) is 96.7 Å². The summed E-state index contributed by atoms with van der Waals surface area (Å²) in [6, 6.07) is 0. The highest BCUT2D eigenvalue weighted by Gasteiger charge is 2.30. The first-order chi connectivity index (χ1) is 49.4. The summed E-state index contributed by atoms with van der Waals surface area (Å²) in [7, 11) is -9.93. The Hall–Kier alpha value is -2.46. The lowest BCUT2D eigenvalue weighted by Crippen LogP contribution is -2.30. The molecule has 0 saturated heterocycles. The molecule has 0 amide bonds. The number of aliphatic hydroxyl groups is 1. The number of allylic oxidation sites excluding steroid dienone is 4. The molecule has 0 bridgehead atoms. The van der Waals surface area contributed by atoms with Crippen molar-refractivity contribution < 1.29 is 80.2 Å². The van der Waals surface area contributed by atoms with E-state index in [9.17, 15) is 43.2 Å². The van der Waals surface area contributed by atoms with E-state index < -0.39 is 97.5 Å². The number of carbonyl (C=O) groups is 4. The van der Waals surface area contributed by atoms with Gasteiger partial charge in [-0.2, -0.15) is 0 Å². The number of rotatable bonds is 80. The second-order valence-electron chi connectivity index (χ2n) is 30.1. The van der Waals surface area contributed by atoms with Crippen LogP contribution in [0.3, 0.4) is 0 Å². The van der Waals surface area contributed by atoms with Crippen LogP contribution in [0.4, 0.5) is 0 Å². The van der Waals surface area contributed by atoms with Crippen LogP contribution in [0.25, 0.3) is 0 Å². The van der Waals surface area contributed by atoms with Crippen molar-refractivity contribution in [1.29, 1.82) is 0 Å². The van der Waals surface area contributed by atoms with E-state index in [1.54, 1.807) is 0 Å². The van der Waals surface area contributed by atoms with Gasteiger partial charge in [-0.25, -0.2) is 9.13 Å². The van der Waals surface area contributed by atoms with Crippen molar-refractivity contribution in [3.8, 4) is 0 Å². The highest BCUT2D eigenvalue weighted by atomic mass is 31.2. The summed E-state index contributed by atoms with van der Waals surface area (Å²) in [4.78, 5) is 73.0. The van der Waals surface area contributed by atoms with E-state index in [0.29, 0.717) is 25.7 Å². The van der Waals surface area contributed by atoms with Crippen molar-refractivity contribution in [2.45, 2.75) is 432 Å². The second kappa shape index (κ2) is 74.0. The lowest BCUT2D eigenvalue weighted by Gasteiger charge is -2.21. The zero-order chi connectivity index (χ0) is 74.9. The maximum atomic E-state index is 13.1. The SMILES string of the molecule is CCCCCC/C=C\C=C/CCCCCCCC(=O)O[C@H](COC(=O)CCCCCCCCCCCC)COP(=O)(O)OC[C@H](O)COP(=O)(O)OC[C@@H](COC(=O)CCCCCCCCCCCCCCCC(C)C)OC(=O)CCCCCCCCCCCCCCCCCCCCC(C)C. The van der Waals surface area contributed by atoms with E-state index in [-0.39, 0.29) is 25.7 Å². The number of hydrogen-bond donors (Lipinski definition) is 3. The minimum atomic E-state index is -4.97. The summed E-state index contributed by atoms with van der Waals surface area (Å²) >= 11 is 0. The largest absolute Gasteiger partial charge is 0.472 e. The number of carbonyl (C=O) groups excluding carboxylic acids is 4. The van der Waals surface area contributed by atoms with E-state index >= 15 is 0 Å². The average molecular weight is 1490 g/mol. The van der Waals surface area contributed by atoms with Gasteiger partial charge in [0.1, 0.15) is 19.3 Å². The topological polar surface area (TPSA) is 237 Å². The quantitative estimate of drug-likeness (QED) is 0.0169. The average Bonchev–Trinajstić information content (AvgIpc) is 0.918. The first-order valence-electron chi connectivity index (χ1n) is 42.3. The predicted octanol–water partition coefficient (Wildman–Crippen LogP) is 24.6. The molecular formula is C83H158O17P2. The summed E-state index contributed by atoms with van der Waals surface area (Å²) in [5.74, 6) is -0.528. The highest BCUT2D eigenvalue weighted by molar-refractivity contribution is 7.47. The Bertz CT molecular complexity index is 2050. The van der Waals surface area contributed by atoms with E-state index in [1.165, 1.54) is 218 Å². The van der Waals surface area contributed by atoms with Gasteiger partial charge in [0.2, 0.25) is 0 Å². The fraction of sp³-hybridized carbons (Fsp3) is 0.904. The van der Waals surface area contributed by atoms with Gasteiger partial charge in [0.15, 0.2) is 12.2 Å². The third-order valence-corrected chi connectivity index (χ3v) is 20.7. The Balaban J connectivity index is 5.25. The van der Waals surface area contributed by atoms with Crippen LogP contribution in [0.15, 0.2) is 24.3 Å². The molecule has 0 aliphatic rings. The van der Waals surface area contributed by atoms with Gasteiger partial charge in [-0.15, -0.1) is 0 Å². The number of phosphoric ester groups is 2. The first-order valence-corrected chi connectivity index (χ1v) is 45.3. The Morgan fingerprint density at radius 1 is 0.304 bits per heavy atom. The molecular weight excluding hydrogens is 1330 g/mol. The third kappa shape index (κ3) is 75.8. The van der Waals surface area contributed by atoms with Crippen LogP contribution in [0.2, 0.25) is 0 Å². The van der Waals surface area contributed by atoms with Gasteiger partial charge in [0.05, 0.1) is 26.4 Å². The normalized spacial score (nSPS) is 14.0. The number of phosphoric acid groups is 2. The summed E-state index contributed by atoms with van der Waals surface area (Å²) < 4.78 is 68.7. The molecule has 0 aromatic carbocycles. The summed E-state index contributed by atoms with van der Waals surface area (Å²) in [6.45, 7) is 9.62. The summed E-state index contributed by atoms with van der Waals surface area (Å²) in [5, 5.41) is 10.6. The Morgan fingerprint density at radius 2 is 0.529 bits per heavy atom. The Kier molecular flexibility index (Phi) is 72.2. The third-order valence-electron chi connectivity index (χ3n) is 18.8. The molecule has 0 aromatic rings. The number of hydrogen-bond acceptors (Lipinski definition) is 15. The van der Waals surface area contributed by atoms with Gasteiger partial charge in [-0.3, -0.25) is 37.3 Å². The number of ether oxygens (including phenoxy) is 4. The minimum Gasteiger partial charge on any atom is -0.462 e. The highest BCUT2D eigenvalue weighted by Crippen LogP contribution is 2.45. The molecule has 0 saturated carbocycles. The molecule has 102 heavy (non-hydrogen) atoms. The van der Waals surface area contributed by atoms with Crippen LogP contribution in [0, 0.1) is 11.8 Å². The van der Waals surface area contributed by atoms with Crippen molar-refractivity contribution in [2.24, 2.45) is 11.8 Å². The second-order valence-corrected chi connectivity index (χ2v) is 33.0. The van der Waals surface area contributed by atoms with E-state index in [1.807, 2.05) is 0 Å². The van der Waals surface area contributed by atoms with Crippen molar-refractivity contribution in [1.82, 2.24) is 0 Å². The fourth-order valence-electron chi connectivity index (χ4n) is 12.3. The molecule has 0 rings (SSSR count). The lowest BCUT2D eigenvalue weighted by molar-refractivity contribution is -0.161. The monoisotopic (exact) mass is 1490 g/mol. The van der Waals surface area contributed by atoms with Crippen LogP contribution in [0.5, 0.6) is 0 Å². The van der Waals surface area contributed by atoms with E-state index in [0.717, 1.165) is 115 Å². The molecule has 0 radical (unpaired) electrons. The molecule has 0 aliphatic carbocycles. The van der Waals surface area contributed by atoms with Gasteiger partial charge < -0.3 is 33.8 Å².